The van der Waals surface area contributed by atoms with Crippen LogP contribution < -0.4 is 0 Å². The van der Waals surface area contributed by atoms with Gasteiger partial charge in [-0.2, -0.15) is 13.2 Å². The maximum atomic E-state index is 12.9. The molecular formula is C22H12F3NO. The van der Waals surface area contributed by atoms with Gasteiger partial charge in [0.15, 0.2) is 5.58 Å². The molecule has 0 aliphatic heterocycles. The molecular weight excluding hydrogens is 351 g/mol. The van der Waals surface area contributed by atoms with E-state index < -0.39 is 11.7 Å². The van der Waals surface area contributed by atoms with Gasteiger partial charge < -0.3 is 4.42 Å². The van der Waals surface area contributed by atoms with Gasteiger partial charge in [0.05, 0.1) is 11.1 Å². The summed E-state index contributed by atoms with van der Waals surface area (Å²) in [6.07, 6.45) is -4.42. The van der Waals surface area contributed by atoms with Gasteiger partial charge in [-0.3, -0.25) is 0 Å². The topological polar surface area (TPSA) is 26.0 Å². The molecule has 0 fully saturated rings. The first-order valence-corrected chi connectivity index (χ1v) is 8.15. The lowest BCUT2D eigenvalue weighted by atomic mass is 10.1. The molecule has 0 aliphatic rings. The summed E-state index contributed by atoms with van der Waals surface area (Å²) in [5, 5.41) is 0. The van der Waals surface area contributed by atoms with Gasteiger partial charge in [0.2, 0.25) is 5.89 Å². The molecule has 0 unspecified atom stereocenters. The van der Waals surface area contributed by atoms with Gasteiger partial charge in [-0.1, -0.05) is 42.2 Å². The van der Waals surface area contributed by atoms with Gasteiger partial charge in [0.1, 0.15) is 5.52 Å². The number of rotatable bonds is 1. The number of oxazole rings is 1. The normalized spacial score (nSPS) is 11.2. The van der Waals surface area contributed by atoms with Gasteiger partial charge in [-0.05, 0) is 42.5 Å². The molecule has 27 heavy (non-hydrogen) atoms. The maximum absolute atomic E-state index is 12.9. The van der Waals surface area contributed by atoms with Crippen LogP contribution in [0, 0.1) is 11.8 Å². The third-order valence-electron chi connectivity index (χ3n) is 3.99. The number of benzene rings is 3. The first kappa shape index (κ1) is 16.9. The highest BCUT2D eigenvalue weighted by atomic mass is 19.4. The fourth-order valence-electron chi connectivity index (χ4n) is 2.66. The van der Waals surface area contributed by atoms with Crippen LogP contribution in [0.3, 0.4) is 0 Å². The summed E-state index contributed by atoms with van der Waals surface area (Å²) in [5.74, 6) is 6.38. The maximum Gasteiger partial charge on any atom is 0.416 e. The van der Waals surface area contributed by atoms with E-state index in [2.05, 4.69) is 16.8 Å². The Labute approximate surface area is 153 Å². The Kier molecular flexibility index (Phi) is 4.17. The lowest BCUT2D eigenvalue weighted by Crippen LogP contribution is -2.03. The molecule has 0 N–H and O–H groups in total. The zero-order chi connectivity index (χ0) is 18.9. The molecule has 0 spiro atoms. The average Bonchev–Trinajstić information content (AvgIpc) is 3.10. The van der Waals surface area contributed by atoms with E-state index in [0.29, 0.717) is 16.7 Å². The molecule has 132 valence electrons. The molecule has 1 heterocycles. The molecule has 0 amide bonds. The van der Waals surface area contributed by atoms with Gasteiger partial charge in [0.25, 0.3) is 0 Å². The Morgan fingerprint density at radius 1 is 0.815 bits per heavy atom. The highest BCUT2D eigenvalue weighted by Gasteiger charge is 2.31. The summed E-state index contributed by atoms with van der Waals surface area (Å²) in [6, 6.07) is 20.0. The van der Waals surface area contributed by atoms with Crippen LogP contribution in [0.4, 0.5) is 13.2 Å². The number of halogens is 3. The van der Waals surface area contributed by atoms with Gasteiger partial charge in [0, 0.05) is 11.1 Å². The standard InChI is InChI=1S/C22H12F3NO/c23-22(24,25)17-12-13-20-19(14-17)26-21(27-20)18-9-5-4-8-16(18)11-10-15-6-2-1-3-7-15/h1-9,12-14H. The molecule has 0 saturated carbocycles. The van der Waals surface area contributed by atoms with Crippen molar-refractivity contribution >= 4 is 11.1 Å². The third kappa shape index (κ3) is 3.56. The largest absolute Gasteiger partial charge is 0.436 e. The molecule has 0 saturated heterocycles. The Hall–Kier alpha value is -3.52. The van der Waals surface area contributed by atoms with Crippen LogP contribution in [0.1, 0.15) is 16.7 Å². The highest BCUT2D eigenvalue weighted by Crippen LogP contribution is 2.33. The molecule has 1 aromatic heterocycles. The van der Waals surface area contributed by atoms with Crippen LogP contribution in [-0.4, -0.2) is 4.98 Å². The number of hydrogen-bond acceptors (Lipinski definition) is 2. The number of alkyl halides is 3. The van der Waals surface area contributed by atoms with E-state index in [1.807, 2.05) is 42.5 Å². The SMILES string of the molecule is FC(F)(F)c1ccc2oc(-c3ccccc3C#Cc3ccccc3)nc2c1. The van der Waals surface area contributed by atoms with Crippen LogP contribution in [0.15, 0.2) is 77.2 Å². The minimum atomic E-state index is -4.42. The molecule has 2 nitrogen and oxygen atoms in total. The van der Waals surface area contributed by atoms with E-state index in [1.54, 1.807) is 12.1 Å². The van der Waals surface area contributed by atoms with Crippen molar-refractivity contribution < 1.29 is 17.6 Å². The first-order chi connectivity index (χ1) is 13.0. The Balaban J connectivity index is 1.77. The van der Waals surface area contributed by atoms with E-state index in [1.165, 1.54) is 6.07 Å². The van der Waals surface area contributed by atoms with Crippen LogP contribution in [0.25, 0.3) is 22.6 Å². The smallest absolute Gasteiger partial charge is 0.416 e. The molecule has 4 rings (SSSR count). The predicted molar refractivity (Wildman–Crippen MR) is 96.9 cm³/mol. The highest BCUT2D eigenvalue weighted by molar-refractivity contribution is 5.78. The fraction of sp³-hybridized carbons (Fsp3) is 0.0455. The number of hydrogen-bond donors (Lipinski definition) is 0. The van der Waals surface area contributed by atoms with Crippen molar-refractivity contribution in [3.8, 4) is 23.3 Å². The summed E-state index contributed by atoms with van der Waals surface area (Å²) in [7, 11) is 0. The molecule has 0 aliphatic carbocycles. The summed E-state index contributed by atoms with van der Waals surface area (Å²) in [4.78, 5) is 4.24. The van der Waals surface area contributed by atoms with Crippen molar-refractivity contribution in [2.24, 2.45) is 0 Å². The second-order valence-electron chi connectivity index (χ2n) is 5.86. The average molecular weight is 363 g/mol. The van der Waals surface area contributed by atoms with Crippen LogP contribution >= 0.6 is 0 Å². The monoisotopic (exact) mass is 363 g/mol. The predicted octanol–water partition coefficient (Wildman–Crippen LogP) is 5.91. The first-order valence-electron chi connectivity index (χ1n) is 8.15. The summed E-state index contributed by atoms with van der Waals surface area (Å²) >= 11 is 0. The van der Waals surface area contributed by atoms with E-state index in [9.17, 15) is 13.2 Å². The molecule has 0 radical (unpaired) electrons. The minimum absolute atomic E-state index is 0.158. The molecule has 0 atom stereocenters. The molecule has 0 bridgehead atoms. The van der Waals surface area contributed by atoms with Crippen molar-refractivity contribution in [3.05, 3.63) is 89.5 Å². The third-order valence-corrected chi connectivity index (χ3v) is 3.99. The number of fused-ring (bicyclic) bond motifs is 1. The van der Waals surface area contributed by atoms with Crippen molar-refractivity contribution in [2.75, 3.05) is 0 Å². The minimum Gasteiger partial charge on any atom is -0.436 e. The lowest BCUT2D eigenvalue weighted by molar-refractivity contribution is -0.137. The fourth-order valence-corrected chi connectivity index (χ4v) is 2.66. The van der Waals surface area contributed by atoms with E-state index >= 15 is 0 Å². The summed E-state index contributed by atoms with van der Waals surface area (Å²) < 4.78 is 44.4. The molecule has 4 aromatic rings. The van der Waals surface area contributed by atoms with Crippen LogP contribution in [0.5, 0.6) is 0 Å². The van der Waals surface area contributed by atoms with E-state index in [0.717, 1.165) is 17.7 Å². The van der Waals surface area contributed by atoms with Gasteiger partial charge >= 0.3 is 6.18 Å². The van der Waals surface area contributed by atoms with Crippen molar-refractivity contribution in [1.82, 2.24) is 4.98 Å². The zero-order valence-corrected chi connectivity index (χ0v) is 13.9. The Bertz CT molecular complexity index is 1160. The Morgan fingerprint density at radius 3 is 2.33 bits per heavy atom. The second kappa shape index (κ2) is 6.65. The summed E-state index contributed by atoms with van der Waals surface area (Å²) in [5.41, 5.74) is 1.87. The second-order valence-corrected chi connectivity index (χ2v) is 5.86. The van der Waals surface area contributed by atoms with Crippen molar-refractivity contribution in [3.63, 3.8) is 0 Å². The summed E-state index contributed by atoms with van der Waals surface area (Å²) in [6.45, 7) is 0. The van der Waals surface area contributed by atoms with E-state index in [4.69, 9.17) is 4.42 Å². The molecule has 3 aromatic carbocycles. The van der Waals surface area contributed by atoms with E-state index in [-0.39, 0.29) is 11.4 Å². The van der Waals surface area contributed by atoms with Crippen molar-refractivity contribution in [1.29, 1.82) is 0 Å². The Morgan fingerprint density at radius 2 is 1.56 bits per heavy atom. The number of aromatic nitrogens is 1. The van der Waals surface area contributed by atoms with Crippen molar-refractivity contribution in [2.45, 2.75) is 6.18 Å². The quantitative estimate of drug-likeness (QED) is 0.393. The number of nitrogens with zero attached hydrogens (tertiary/aromatic N) is 1. The van der Waals surface area contributed by atoms with Crippen LogP contribution in [-0.2, 0) is 6.18 Å². The molecule has 5 heteroatoms. The van der Waals surface area contributed by atoms with Gasteiger partial charge in [-0.15, -0.1) is 0 Å². The van der Waals surface area contributed by atoms with Crippen LogP contribution in [0.2, 0.25) is 0 Å². The lowest BCUT2D eigenvalue weighted by Gasteiger charge is -2.04. The van der Waals surface area contributed by atoms with Gasteiger partial charge in [-0.25, -0.2) is 4.98 Å². The zero-order valence-electron chi connectivity index (χ0n) is 13.9.